The molecule has 0 aromatic carbocycles. The Labute approximate surface area is 106 Å². The quantitative estimate of drug-likeness (QED) is 0.631. The van der Waals surface area contributed by atoms with Crippen LogP contribution in [0.3, 0.4) is 0 Å². The first kappa shape index (κ1) is 14.1. The van der Waals surface area contributed by atoms with Gasteiger partial charge >= 0.3 is 5.69 Å². The van der Waals surface area contributed by atoms with Crippen LogP contribution in [0.5, 0.6) is 0 Å². The van der Waals surface area contributed by atoms with Crippen LogP contribution >= 0.6 is 0 Å². The molecular formula is C10H12N4O3S. The fourth-order valence-electron chi connectivity index (χ4n) is 1.39. The first-order valence-electron chi connectivity index (χ1n) is 5.05. The molecule has 1 aromatic rings. The third-order valence-corrected chi connectivity index (χ3v) is 3.03. The standard InChI is InChI=1S/C10H12N4O3S/c1-7(6-18(2)17)13-10-9(14(15)16)3-8(4-11)5-12-10/h3,5,7H,6H2,1-2H3,(H,12,13). The highest BCUT2D eigenvalue weighted by molar-refractivity contribution is 7.84. The largest absolute Gasteiger partial charge is 0.361 e. The number of hydrogen-bond donors (Lipinski definition) is 1. The topological polar surface area (TPSA) is 109 Å². The minimum absolute atomic E-state index is 0.0805. The van der Waals surface area contributed by atoms with Gasteiger partial charge in [-0.3, -0.25) is 14.3 Å². The molecule has 96 valence electrons. The van der Waals surface area contributed by atoms with Crippen molar-refractivity contribution in [2.75, 3.05) is 17.3 Å². The zero-order chi connectivity index (χ0) is 13.7. The molecule has 1 rings (SSSR count). The Hall–Kier alpha value is -2.01. The summed E-state index contributed by atoms with van der Waals surface area (Å²) >= 11 is 0. The summed E-state index contributed by atoms with van der Waals surface area (Å²) in [5.74, 6) is 0.440. The molecular weight excluding hydrogens is 256 g/mol. The zero-order valence-corrected chi connectivity index (χ0v) is 10.7. The van der Waals surface area contributed by atoms with E-state index in [1.54, 1.807) is 19.2 Å². The number of rotatable bonds is 5. The number of nitrogens with zero attached hydrogens (tertiary/aromatic N) is 3. The van der Waals surface area contributed by atoms with E-state index >= 15 is 0 Å². The average molecular weight is 268 g/mol. The number of nitrogens with one attached hydrogen (secondary N) is 1. The summed E-state index contributed by atoms with van der Waals surface area (Å²) in [6.45, 7) is 1.75. The molecule has 0 aliphatic carbocycles. The van der Waals surface area contributed by atoms with Crippen molar-refractivity contribution in [3.8, 4) is 6.07 Å². The molecule has 1 aromatic heterocycles. The van der Waals surface area contributed by atoms with E-state index in [1.165, 1.54) is 6.20 Å². The number of nitriles is 1. The van der Waals surface area contributed by atoms with E-state index in [0.29, 0.717) is 5.75 Å². The highest BCUT2D eigenvalue weighted by Gasteiger charge is 2.18. The molecule has 0 saturated carbocycles. The lowest BCUT2D eigenvalue weighted by Gasteiger charge is -2.12. The van der Waals surface area contributed by atoms with E-state index in [-0.39, 0.29) is 23.1 Å². The minimum Gasteiger partial charge on any atom is -0.361 e. The van der Waals surface area contributed by atoms with Crippen molar-refractivity contribution in [1.82, 2.24) is 4.98 Å². The van der Waals surface area contributed by atoms with Gasteiger partial charge < -0.3 is 5.32 Å². The Morgan fingerprint density at radius 1 is 1.72 bits per heavy atom. The van der Waals surface area contributed by atoms with Crippen molar-refractivity contribution in [2.45, 2.75) is 13.0 Å². The fourth-order valence-corrected chi connectivity index (χ4v) is 2.18. The minimum atomic E-state index is -1.01. The molecule has 0 spiro atoms. The van der Waals surface area contributed by atoms with Gasteiger partial charge in [0, 0.05) is 41.1 Å². The van der Waals surface area contributed by atoms with E-state index in [9.17, 15) is 14.3 Å². The third kappa shape index (κ3) is 3.78. The van der Waals surface area contributed by atoms with Gasteiger partial charge in [-0.05, 0) is 6.92 Å². The lowest BCUT2D eigenvalue weighted by atomic mass is 10.2. The molecule has 0 saturated heterocycles. The predicted molar refractivity (Wildman–Crippen MR) is 67.6 cm³/mol. The maximum atomic E-state index is 11.0. The van der Waals surface area contributed by atoms with Crippen LogP contribution in [-0.4, -0.2) is 32.2 Å². The van der Waals surface area contributed by atoms with Gasteiger partial charge in [0.15, 0.2) is 0 Å². The molecule has 0 bridgehead atoms. The molecule has 2 atom stereocenters. The summed E-state index contributed by atoms with van der Waals surface area (Å²) in [5, 5.41) is 22.3. The number of anilines is 1. The number of pyridine rings is 1. The van der Waals surface area contributed by atoms with Gasteiger partial charge in [-0.25, -0.2) is 4.98 Å². The molecule has 1 heterocycles. The molecule has 0 amide bonds. The van der Waals surface area contributed by atoms with Gasteiger partial charge in [0.25, 0.3) is 0 Å². The summed E-state index contributed by atoms with van der Waals surface area (Å²) in [5.41, 5.74) is -0.137. The predicted octanol–water partition coefficient (Wildman–Crippen LogP) is 1.04. The first-order valence-corrected chi connectivity index (χ1v) is 6.78. The third-order valence-electron chi connectivity index (χ3n) is 2.06. The Balaban J connectivity index is 2.98. The van der Waals surface area contributed by atoms with Crippen LogP contribution in [-0.2, 0) is 10.8 Å². The van der Waals surface area contributed by atoms with Gasteiger partial charge in [0.05, 0.1) is 10.5 Å². The van der Waals surface area contributed by atoms with Crippen molar-refractivity contribution in [3.63, 3.8) is 0 Å². The zero-order valence-electron chi connectivity index (χ0n) is 9.91. The summed E-state index contributed by atoms with van der Waals surface area (Å²) in [7, 11) is -1.01. The number of nitro groups is 1. The molecule has 0 fully saturated rings. The summed E-state index contributed by atoms with van der Waals surface area (Å²) in [6.07, 6.45) is 2.81. The second-order valence-corrected chi connectivity index (χ2v) is 5.23. The second kappa shape index (κ2) is 6.07. The molecule has 7 nitrogen and oxygen atoms in total. The first-order chi connectivity index (χ1) is 8.43. The maximum Gasteiger partial charge on any atom is 0.312 e. The van der Waals surface area contributed by atoms with Crippen molar-refractivity contribution in [2.24, 2.45) is 0 Å². The highest BCUT2D eigenvalue weighted by Crippen LogP contribution is 2.23. The van der Waals surface area contributed by atoms with Gasteiger partial charge in [-0.2, -0.15) is 5.26 Å². The average Bonchev–Trinajstić information content (AvgIpc) is 2.28. The number of aromatic nitrogens is 1. The van der Waals surface area contributed by atoms with Crippen molar-refractivity contribution < 1.29 is 9.13 Å². The Bertz CT molecular complexity index is 526. The normalized spacial score (nSPS) is 13.4. The van der Waals surface area contributed by atoms with E-state index in [0.717, 1.165) is 6.07 Å². The fraction of sp³-hybridized carbons (Fsp3) is 0.400. The Kier molecular flexibility index (Phi) is 4.74. The van der Waals surface area contributed by atoms with E-state index < -0.39 is 15.7 Å². The van der Waals surface area contributed by atoms with E-state index in [1.807, 2.05) is 0 Å². The van der Waals surface area contributed by atoms with Gasteiger partial charge in [-0.1, -0.05) is 0 Å². The lowest BCUT2D eigenvalue weighted by Crippen LogP contribution is -2.23. The van der Waals surface area contributed by atoms with Crippen molar-refractivity contribution in [1.29, 1.82) is 5.26 Å². The SMILES string of the molecule is CC(CS(C)=O)Nc1ncc(C#N)cc1[N+](=O)[O-]. The van der Waals surface area contributed by atoms with E-state index in [2.05, 4.69) is 10.3 Å². The monoisotopic (exact) mass is 268 g/mol. The number of hydrogen-bond acceptors (Lipinski definition) is 6. The van der Waals surface area contributed by atoms with Crippen molar-refractivity contribution in [3.05, 3.63) is 27.9 Å². The van der Waals surface area contributed by atoms with Gasteiger partial charge in [0.1, 0.15) is 6.07 Å². The van der Waals surface area contributed by atoms with Crippen LogP contribution in [0.25, 0.3) is 0 Å². The Morgan fingerprint density at radius 2 is 2.39 bits per heavy atom. The molecule has 0 aliphatic heterocycles. The highest BCUT2D eigenvalue weighted by atomic mass is 32.2. The van der Waals surface area contributed by atoms with E-state index in [4.69, 9.17) is 5.26 Å². The Morgan fingerprint density at radius 3 is 2.89 bits per heavy atom. The summed E-state index contributed by atoms with van der Waals surface area (Å²) < 4.78 is 11.0. The second-order valence-electron chi connectivity index (χ2n) is 3.75. The lowest BCUT2D eigenvalue weighted by molar-refractivity contribution is -0.384. The molecule has 2 unspecified atom stereocenters. The van der Waals surface area contributed by atoms with Gasteiger partial charge in [0.2, 0.25) is 5.82 Å². The maximum absolute atomic E-state index is 11.0. The molecule has 1 N–H and O–H groups in total. The molecule has 0 aliphatic rings. The van der Waals surface area contributed by atoms with Crippen LogP contribution in [0.1, 0.15) is 12.5 Å². The smallest absolute Gasteiger partial charge is 0.312 e. The van der Waals surface area contributed by atoms with Crippen LogP contribution < -0.4 is 5.32 Å². The van der Waals surface area contributed by atoms with Gasteiger partial charge in [-0.15, -0.1) is 0 Å². The molecule has 0 radical (unpaired) electrons. The van der Waals surface area contributed by atoms with Crippen LogP contribution in [0.15, 0.2) is 12.3 Å². The molecule has 18 heavy (non-hydrogen) atoms. The van der Waals surface area contributed by atoms with Crippen LogP contribution in [0.2, 0.25) is 0 Å². The van der Waals surface area contributed by atoms with Crippen LogP contribution in [0, 0.1) is 21.4 Å². The summed E-state index contributed by atoms with van der Waals surface area (Å²) in [6, 6.07) is 2.74. The van der Waals surface area contributed by atoms with Crippen LogP contribution in [0.4, 0.5) is 11.5 Å². The molecule has 8 heteroatoms. The summed E-state index contributed by atoms with van der Waals surface area (Å²) in [4.78, 5) is 14.1. The van der Waals surface area contributed by atoms with Crippen molar-refractivity contribution >= 4 is 22.3 Å².